The van der Waals surface area contributed by atoms with E-state index in [0.29, 0.717) is 25.6 Å². The van der Waals surface area contributed by atoms with Crippen LogP contribution in [-0.4, -0.2) is 24.2 Å². The van der Waals surface area contributed by atoms with Crippen LogP contribution in [0.1, 0.15) is 11.1 Å². The van der Waals surface area contributed by atoms with Crippen molar-refractivity contribution < 1.29 is 9.53 Å². The van der Waals surface area contributed by atoms with Crippen LogP contribution < -0.4 is 15.4 Å². The van der Waals surface area contributed by atoms with Gasteiger partial charge < -0.3 is 15.4 Å². The van der Waals surface area contributed by atoms with Crippen molar-refractivity contribution in [1.29, 1.82) is 0 Å². The largest absolute Gasteiger partial charge is 0.493 e. The number of ether oxygens (including phenoxy) is 1. The molecule has 1 aliphatic heterocycles. The van der Waals surface area contributed by atoms with Gasteiger partial charge in [-0.05, 0) is 35.7 Å². The fourth-order valence-corrected chi connectivity index (χ4v) is 2.50. The number of urea groups is 1. The Morgan fingerprint density at radius 1 is 1.18 bits per heavy atom. The average molecular weight is 297 g/mol. The van der Waals surface area contributed by atoms with Crippen LogP contribution in [0.5, 0.6) is 5.75 Å². The molecule has 5 nitrogen and oxygen atoms in total. The summed E-state index contributed by atoms with van der Waals surface area (Å²) < 4.78 is 5.72. The molecule has 2 N–H and O–H groups in total. The van der Waals surface area contributed by atoms with Crippen LogP contribution >= 0.6 is 0 Å². The van der Waals surface area contributed by atoms with Gasteiger partial charge >= 0.3 is 6.03 Å². The van der Waals surface area contributed by atoms with Gasteiger partial charge in [-0.3, -0.25) is 4.98 Å². The number of carbonyl (C=O) groups is 1. The molecule has 1 aliphatic rings. The molecule has 2 heterocycles. The SMILES string of the molecule is O=C(NCc1ccncc1)NC[C@H]1COc2ccccc2C1. The zero-order chi connectivity index (χ0) is 15.2. The van der Waals surface area contributed by atoms with Gasteiger partial charge in [-0.2, -0.15) is 0 Å². The zero-order valence-corrected chi connectivity index (χ0v) is 12.3. The highest BCUT2D eigenvalue weighted by atomic mass is 16.5. The summed E-state index contributed by atoms with van der Waals surface area (Å²) >= 11 is 0. The Hall–Kier alpha value is -2.56. The monoisotopic (exact) mass is 297 g/mol. The summed E-state index contributed by atoms with van der Waals surface area (Å²) in [6.07, 6.45) is 4.36. The van der Waals surface area contributed by atoms with Crippen molar-refractivity contribution >= 4 is 6.03 Å². The maximum Gasteiger partial charge on any atom is 0.315 e. The highest BCUT2D eigenvalue weighted by Gasteiger charge is 2.19. The normalized spacial score (nSPS) is 16.3. The van der Waals surface area contributed by atoms with Gasteiger partial charge in [-0.25, -0.2) is 4.79 Å². The van der Waals surface area contributed by atoms with Gasteiger partial charge in [0.1, 0.15) is 5.75 Å². The molecule has 3 rings (SSSR count). The van der Waals surface area contributed by atoms with Crippen LogP contribution in [0, 0.1) is 5.92 Å². The number of amides is 2. The summed E-state index contributed by atoms with van der Waals surface area (Å²) in [6, 6.07) is 11.7. The number of pyridine rings is 1. The summed E-state index contributed by atoms with van der Waals surface area (Å²) in [7, 11) is 0. The molecule has 0 aliphatic carbocycles. The molecule has 1 aromatic carbocycles. The van der Waals surface area contributed by atoms with E-state index in [-0.39, 0.29) is 6.03 Å². The minimum Gasteiger partial charge on any atom is -0.493 e. The minimum absolute atomic E-state index is 0.157. The topological polar surface area (TPSA) is 63.2 Å². The molecule has 1 aromatic heterocycles. The summed E-state index contributed by atoms with van der Waals surface area (Å²) in [5.41, 5.74) is 2.23. The lowest BCUT2D eigenvalue weighted by molar-refractivity contribution is 0.211. The Kier molecular flexibility index (Phi) is 4.53. The van der Waals surface area contributed by atoms with Gasteiger partial charge in [0.05, 0.1) is 6.61 Å². The van der Waals surface area contributed by atoms with E-state index in [2.05, 4.69) is 21.7 Å². The molecule has 0 bridgehead atoms. The van der Waals surface area contributed by atoms with Crippen LogP contribution in [0.4, 0.5) is 4.79 Å². The first-order chi connectivity index (χ1) is 10.8. The number of aromatic nitrogens is 1. The minimum atomic E-state index is -0.157. The predicted octanol–water partition coefficient (Wildman–Crippen LogP) is 2.13. The van der Waals surface area contributed by atoms with E-state index in [9.17, 15) is 4.79 Å². The van der Waals surface area contributed by atoms with Crippen molar-refractivity contribution in [3.63, 3.8) is 0 Å². The number of nitrogens with one attached hydrogen (secondary N) is 2. The molecule has 0 saturated carbocycles. The van der Waals surface area contributed by atoms with Crippen molar-refractivity contribution in [3.05, 3.63) is 59.9 Å². The summed E-state index contributed by atoms with van der Waals surface area (Å²) in [5.74, 6) is 1.27. The van der Waals surface area contributed by atoms with E-state index in [1.807, 2.05) is 30.3 Å². The van der Waals surface area contributed by atoms with E-state index in [1.54, 1.807) is 12.4 Å². The molecule has 1 atom stereocenters. The molecule has 0 fully saturated rings. The highest BCUT2D eigenvalue weighted by molar-refractivity contribution is 5.73. The third kappa shape index (κ3) is 3.75. The first-order valence-corrected chi connectivity index (χ1v) is 7.42. The lowest BCUT2D eigenvalue weighted by atomic mass is 9.97. The third-order valence-electron chi connectivity index (χ3n) is 3.71. The molecular weight excluding hydrogens is 278 g/mol. The number of carbonyl (C=O) groups excluding carboxylic acids is 1. The standard InChI is InChI=1S/C17H19N3O2/c21-17(19-10-13-5-7-18-8-6-13)20-11-14-9-15-3-1-2-4-16(15)22-12-14/h1-8,14H,9-12H2,(H2,19,20,21)/t14-/m0/s1. The molecule has 2 aromatic rings. The Morgan fingerprint density at radius 3 is 2.86 bits per heavy atom. The second-order valence-corrected chi connectivity index (χ2v) is 5.41. The van der Waals surface area contributed by atoms with Crippen LogP contribution in [0.15, 0.2) is 48.8 Å². The second kappa shape index (κ2) is 6.93. The fourth-order valence-electron chi connectivity index (χ4n) is 2.50. The molecule has 0 unspecified atom stereocenters. The highest BCUT2D eigenvalue weighted by Crippen LogP contribution is 2.26. The molecular formula is C17H19N3O2. The number of nitrogens with zero attached hydrogens (tertiary/aromatic N) is 1. The van der Waals surface area contributed by atoms with Crippen molar-refractivity contribution in [3.8, 4) is 5.75 Å². The van der Waals surface area contributed by atoms with Crippen LogP contribution in [-0.2, 0) is 13.0 Å². The fraction of sp³-hybridized carbons (Fsp3) is 0.294. The van der Waals surface area contributed by atoms with E-state index in [4.69, 9.17) is 4.74 Å². The Morgan fingerprint density at radius 2 is 2.00 bits per heavy atom. The predicted molar refractivity (Wildman–Crippen MR) is 83.6 cm³/mol. The maximum atomic E-state index is 11.8. The van der Waals surface area contributed by atoms with Crippen LogP contribution in [0.25, 0.3) is 0 Å². The van der Waals surface area contributed by atoms with E-state index in [1.165, 1.54) is 5.56 Å². The number of fused-ring (bicyclic) bond motifs is 1. The van der Waals surface area contributed by atoms with E-state index >= 15 is 0 Å². The molecule has 0 spiro atoms. The number of benzene rings is 1. The average Bonchev–Trinajstić information content (AvgIpc) is 2.59. The van der Waals surface area contributed by atoms with E-state index in [0.717, 1.165) is 17.7 Å². The first kappa shape index (κ1) is 14.4. The number of para-hydroxylation sites is 1. The first-order valence-electron chi connectivity index (χ1n) is 7.42. The van der Waals surface area contributed by atoms with Crippen LogP contribution in [0.2, 0.25) is 0 Å². The molecule has 2 amide bonds. The van der Waals surface area contributed by atoms with Gasteiger partial charge in [0.2, 0.25) is 0 Å². The number of hydrogen-bond acceptors (Lipinski definition) is 3. The maximum absolute atomic E-state index is 11.8. The lowest BCUT2D eigenvalue weighted by Gasteiger charge is -2.25. The number of hydrogen-bond donors (Lipinski definition) is 2. The van der Waals surface area contributed by atoms with Crippen molar-refractivity contribution in [1.82, 2.24) is 15.6 Å². The van der Waals surface area contributed by atoms with Crippen molar-refractivity contribution in [2.24, 2.45) is 5.92 Å². The summed E-state index contributed by atoms with van der Waals surface area (Å²) in [5, 5.41) is 5.75. The van der Waals surface area contributed by atoms with Crippen LogP contribution in [0.3, 0.4) is 0 Å². The molecule has 114 valence electrons. The lowest BCUT2D eigenvalue weighted by Crippen LogP contribution is -2.40. The summed E-state index contributed by atoms with van der Waals surface area (Å²) in [6.45, 7) is 1.75. The quantitative estimate of drug-likeness (QED) is 0.908. The van der Waals surface area contributed by atoms with Gasteiger partial charge in [-0.1, -0.05) is 18.2 Å². The van der Waals surface area contributed by atoms with E-state index < -0.39 is 0 Å². The Bertz CT molecular complexity index is 631. The second-order valence-electron chi connectivity index (χ2n) is 5.41. The summed E-state index contributed by atoms with van der Waals surface area (Å²) in [4.78, 5) is 15.8. The Balaban J connectivity index is 1.42. The van der Waals surface area contributed by atoms with Crippen molar-refractivity contribution in [2.75, 3.05) is 13.2 Å². The molecule has 0 saturated heterocycles. The number of rotatable bonds is 4. The van der Waals surface area contributed by atoms with Gasteiger partial charge in [0.15, 0.2) is 0 Å². The Labute approximate surface area is 129 Å². The molecule has 22 heavy (non-hydrogen) atoms. The van der Waals surface area contributed by atoms with Gasteiger partial charge in [-0.15, -0.1) is 0 Å². The molecule has 5 heteroatoms. The smallest absolute Gasteiger partial charge is 0.315 e. The van der Waals surface area contributed by atoms with Crippen molar-refractivity contribution in [2.45, 2.75) is 13.0 Å². The van der Waals surface area contributed by atoms with Gasteiger partial charge in [0.25, 0.3) is 0 Å². The zero-order valence-electron chi connectivity index (χ0n) is 12.3. The third-order valence-corrected chi connectivity index (χ3v) is 3.71. The van der Waals surface area contributed by atoms with Gasteiger partial charge in [0, 0.05) is 31.4 Å². The molecule has 0 radical (unpaired) electrons.